The second kappa shape index (κ2) is 10.3. The van der Waals surface area contributed by atoms with E-state index in [0.29, 0.717) is 11.9 Å². The second-order valence-corrected chi connectivity index (χ2v) is 9.78. The molecule has 152 valence electrons. The Hall–Kier alpha value is -1.31. The minimum absolute atomic E-state index is 0.0916. The molecule has 0 aromatic heterocycles. The summed E-state index contributed by atoms with van der Waals surface area (Å²) in [5.41, 5.74) is 4.92. The van der Waals surface area contributed by atoms with Gasteiger partial charge in [-0.3, -0.25) is 4.79 Å². The molecule has 0 unspecified atom stereocenters. The van der Waals surface area contributed by atoms with E-state index in [0.717, 1.165) is 32.1 Å². The Balaban J connectivity index is 1.67. The highest BCUT2D eigenvalue weighted by atomic mass is 16.5. The van der Waals surface area contributed by atoms with Gasteiger partial charge in [0.25, 0.3) is 6.47 Å². The van der Waals surface area contributed by atoms with E-state index in [1.54, 1.807) is 0 Å². The lowest BCUT2D eigenvalue weighted by Gasteiger charge is -2.17. The Morgan fingerprint density at radius 1 is 0.963 bits per heavy atom. The maximum atomic E-state index is 10.6. The molecular formula is C25H40O2. The molecule has 1 aliphatic carbocycles. The number of carbonyl (C=O) groups is 1. The first kappa shape index (κ1) is 22.0. The topological polar surface area (TPSA) is 26.3 Å². The zero-order chi connectivity index (χ0) is 19.8. The van der Waals surface area contributed by atoms with Crippen LogP contribution in [0.3, 0.4) is 0 Å². The summed E-state index contributed by atoms with van der Waals surface area (Å²) in [6.45, 7) is 9.93. The maximum Gasteiger partial charge on any atom is 0.293 e. The molecule has 1 aromatic carbocycles. The number of carbonyl (C=O) groups excluding carboxylic acids is 1. The number of ether oxygens (including phenoxy) is 1. The van der Waals surface area contributed by atoms with Crippen molar-refractivity contribution < 1.29 is 9.53 Å². The quantitative estimate of drug-likeness (QED) is 0.276. The van der Waals surface area contributed by atoms with Crippen LogP contribution in [0.1, 0.15) is 102 Å². The molecule has 0 atom stereocenters. The van der Waals surface area contributed by atoms with Gasteiger partial charge < -0.3 is 4.74 Å². The number of benzene rings is 1. The van der Waals surface area contributed by atoms with Crippen LogP contribution in [-0.2, 0) is 22.4 Å². The standard InChI is InChI=1S/C25H40O2/c1-21-22(12-7-5-6-9-16-24(2,3)4)14-11-15-23(21)13-8-10-17-25(18-19-25)27-20-26/h11,14-15,20H,5-10,12-13,16-19H2,1-4H3. The predicted octanol–water partition coefficient (Wildman–Crippen LogP) is 6.95. The summed E-state index contributed by atoms with van der Waals surface area (Å²) >= 11 is 0. The molecule has 1 aliphatic rings. The minimum Gasteiger partial charge on any atom is -0.461 e. The van der Waals surface area contributed by atoms with Crippen molar-refractivity contribution in [3.05, 3.63) is 34.9 Å². The van der Waals surface area contributed by atoms with E-state index in [-0.39, 0.29) is 5.60 Å². The Bertz CT molecular complexity index is 578. The Morgan fingerprint density at radius 3 is 2.11 bits per heavy atom. The SMILES string of the molecule is Cc1c(CCCCCCC(C)(C)C)cccc1CCCCC1(OC=O)CC1. The van der Waals surface area contributed by atoms with Gasteiger partial charge in [-0.2, -0.15) is 0 Å². The largest absolute Gasteiger partial charge is 0.461 e. The van der Waals surface area contributed by atoms with Crippen molar-refractivity contribution in [1.29, 1.82) is 0 Å². The van der Waals surface area contributed by atoms with Crippen molar-refractivity contribution in [3.63, 3.8) is 0 Å². The summed E-state index contributed by atoms with van der Waals surface area (Å²) in [5.74, 6) is 0. The molecule has 0 spiro atoms. The number of unbranched alkanes of at least 4 members (excludes halogenated alkanes) is 4. The van der Waals surface area contributed by atoms with Crippen LogP contribution in [0, 0.1) is 12.3 Å². The molecule has 27 heavy (non-hydrogen) atoms. The Morgan fingerprint density at radius 2 is 1.56 bits per heavy atom. The summed E-state index contributed by atoms with van der Waals surface area (Å²) in [4.78, 5) is 10.6. The van der Waals surface area contributed by atoms with E-state index in [1.807, 2.05) is 0 Å². The summed E-state index contributed by atoms with van der Waals surface area (Å²) in [7, 11) is 0. The first-order valence-corrected chi connectivity index (χ1v) is 11.0. The molecule has 0 bridgehead atoms. The number of rotatable bonds is 13. The van der Waals surface area contributed by atoms with Crippen LogP contribution in [0.2, 0.25) is 0 Å². The molecule has 0 amide bonds. The van der Waals surface area contributed by atoms with E-state index < -0.39 is 0 Å². The Kier molecular flexibility index (Phi) is 8.38. The van der Waals surface area contributed by atoms with Crippen molar-refractivity contribution in [1.82, 2.24) is 0 Å². The smallest absolute Gasteiger partial charge is 0.293 e. The normalized spacial score (nSPS) is 15.6. The summed E-state index contributed by atoms with van der Waals surface area (Å²) in [6.07, 6.45) is 14.5. The molecule has 0 aliphatic heterocycles. The van der Waals surface area contributed by atoms with E-state index >= 15 is 0 Å². The molecular weight excluding hydrogens is 332 g/mol. The third-order valence-corrected chi connectivity index (χ3v) is 6.12. The van der Waals surface area contributed by atoms with Gasteiger partial charge in [0.2, 0.25) is 0 Å². The van der Waals surface area contributed by atoms with Gasteiger partial charge in [0, 0.05) is 0 Å². The van der Waals surface area contributed by atoms with E-state index in [9.17, 15) is 4.79 Å². The minimum atomic E-state index is -0.0916. The zero-order valence-electron chi connectivity index (χ0n) is 18.1. The van der Waals surface area contributed by atoms with Crippen molar-refractivity contribution in [2.75, 3.05) is 0 Å². The van der Waals surface area contributed by atoms with Crippen LogP contribution in [-0.4, -0.2) is 12.1 Å². The molecule has 1 saturated carbocycles. The lowest BCUT2D eigenvalue weighted by atomic mass is 9.89. The first-order valence-electron chi connectivity index (χ1n) is 11.0. The molecule has 0 N–H and O–H groups in total. The summed E-state index contributed by atoms with van der Waals surface area (Å²) < 4.78 is 5.25. The maximum absolute atomic E-state index is 10.6. The molecule has 2 nitrogen and oxygen atoms in total. The molecule has 2 rings (SSSR count). The fourth-order valence-corrected chi connectivity index (χ4v) is 4.03. The highest BCUT2D eigenvalue weighted by Gasteiger charge is 2.44. The number of aryl methyl sites for hydroxylation is 2. The third kappa shape index (κ3) is 8.07. The Labute approximate surface area is 167 Å². The lowest BCUT2D eigenvalue weighted by molar-refractivity contribution is -0.135. The van der Waals surface area contributed by atoms with Gasteiger partial charge in [0.15, 0.2) is 0 Å². The number of hydrogen-bond acceptors (Lipinski definition) is 2. The average Bonchev–Trinajstić information content (AvgIpc) is 3.36. The van der Waals surface area contributed by atoms with Gasteiger partial charge >= 0.3 is 0 Å². The molecule has 0 heterocycles. The molecule has 0 saturated heterocycles. The highest BCUT2D eigenvalue weighted by molar-refractivity contribution is 5.39. The van der Waals surface area contributed by atoms with Crippen LogP contribution in [0.25, 0.3) is 0 Å². The van der Waals surface area contributed by atoms with Crippen LogP contribution < -0.4 is 0 Å². The van der Waals surface area contributed by atoms with Crippen LogP contribution in [0.5, 0.6) is 0 Å². The molecule has 1 fully saturated rings. The zero-order valence-corrected chi connectivity index (χ0v) is 18.1. The fourth-order valence-electron chi connectivity index (χ4n) is 4.03. The van der Waals surface area contributed by atoms with Crippen LogP contribution >= 0.6 is 0 Å². The van der Waals surface area contributed by atoms with Crippen molar-refractivity contribution in [3.8, 4) is 0 Å². The van der Waals surface area contributed by atoms with Gasteiger partial charge in [0.05, 0.1) is 0 Å². The van der Waals surface area contributed by atoms with E-state index in [2.05, 4.69) is 45.9 Å². The first-order chi connectivity index (χ1) is 12.9. The monoisotopic (exact) mass is 372 g/mol. The second-order valence-electron chi connectivity index (χ2n) is 9.78. The van der Waals surface area contributed by atoms with Crippen LogP contribution in [0.15, 0.2) is 18.2 Å². The average molecular weight is 373 g/mol. The molecule has 1 aromatic rings. The fraction of sp³-hybridized carbons (Fsp3) is 0.720. The molecule has 2 heteroatoms. The van der Waals surface area contributed by atoms with Gasteiger partial charge in [-0.15, -0.1) is 0 Å². The highest BCUT2D eigenvalue weighted by Crippen LogP contribution is 2.43. The van der Waals surface area contributed by atoms with E-state index in [4.69, 9.17) is 4.74 Å². The van der Waals surface area contributed by atoms with Crippen LogP contribution in [0.4, 0.5) is 0 Å². The van der Waals surface area contributed by atoms with Gasteiger partial charge in [0.1, 0.15) is 5.60 Å². The number of hydrogen-bond donors (Lipinski definition) is 0. The predicted molar refractivity (Wildman–Crippen MR) is 114 cm³/mol. The van der Waals surface area contributed by atoms with Crippen molar-refractivity contribution >= 4 is 6.47 Å². The summed E-state index contributed by atoms with van der Waals surface area (Å²) in [5, 5.41) is 0. The van der Waals surface area contributed by atoms with Crippen molar-refractivity contribution in [2.24, 2.45) is 5.41 Å². The third-order valence-electron chi connectivity index (χ3n) is 6.12. The lowest BCUT2D eigenvalue weighted by Crippen LogP contribution is -2.12. The summed E-state index contributed by atoms with van der Waals surface area (Å²) in [6, 6.07) is 6.83. The van der Waals surface area contributed by atoms with E-state index in [1.165, 1.54) is 61.6 Å². The van der Waals surface area contributed by atoms with Gasteiger partial charge in [-0.25, -0.2) is 0 Å². The van der Waals surface area contributed by atoms with Crippen molar-refractivity contribution in [2.45, 2.75) is 110 Å². The van der Waals surface area contributed by atoms with Gasteiger partial charge in [-0.1, -0.05) is 58.2 Å². The molecule has 0 radical (unpaired) electrons. The van der Waals surface area contributed by atoms with Gasteiger partial charge in [-0.05, 0) is 86.8 Å².